The highest BCUT2D eigenvalue weighted by atomic mass is 16.5. The summed E-state index contributed by atoms with van der Waals surface area (Å²) in [6.07, 6.45) is 2.85. The van der Waals surface area contributed by atoms with E-state index in [9.17, 15) is 0 Å². The van der Waals surface area contributed by atoms with Gasteiger partial charge in [-0.1, -0.05) is 12.1 Å². The molecule has 1 fully saturated rings. The van der Waals surface area contributed by atoms with E-state index in [-0.39, 0.29) is 6.04 Å². The van der Waals surface area contributed by atoms with Crippen molar-refractivity contribution in [3.05, 3.63) is 11.7 Å². The molecule has 0 saturated carbocycles. The number of rotatable bonds is 6. The predicted molar refractivity (Wildman–Crippen MR) is 65.1 cm³/mol. The summed E-state index contributed by atoms with van der Waals surface area (Å²) in [4.78, 5) is 4.37. The maximum absolute atomic E-state index is 5.94. The molecule has 1 unspecified atom stereocenters. The van der Waals surface area contributed by atoms with Gasteiger partial charge in [0.2, 0.25) is 5.89 Å². The molecular formula is C12H21N3O3. The molecule has 2 rings (SSSR count). The van der Waals surface area contributed by atoms with E-state index in [4.69, 9.17) is 19.7 Å². The molecule has 0 spiro atoms. The highest BCUT2D eigenvalue weighted by molar-refractivity contribution is 4.98. The van der Waals surface area contributed by atoms with Gasteiger partial charge in [0.05, 0.1) is 12.6 Å². The summed E-state index contributed by atoms with van der Waals surface area (Å²) < 4.78 is 16.0. The van der Waals surface area contributed by atoms with Crippen molar-refractivity contribution in [1.82, 2.24) is 10.1 Å². The minimum atomic E-state index is -0.311. The van der Waals surface area contributed by atoms with Crippen LogP contribution in [0.15, 0.2) is 4.52 Å². The van der Waals surface area contributed by atoms with Gasteiger partial charge >= 0.3 is 0 Å². The largest absolute Gasteiger partial charge is 0.381 e. The standard InChI is InChI=1S/C12H21N3O3/c1-2-5-17-8-10(13)11-14-12(18-15-11)9-3-6-16-7-4-9/h9-10H,2-8,13H2,1H3. The normalized spacial score (nSPS) is 19.0. The van der Waals surface area contributed by atoms with E-state index in [0.29, 0.717) is 30.8 Å². The molecule has 1 atom stereocenters. The van der Waals surface area contributed by atoms with Crippen LogP contribution in [0.3, 0.4) is 0 Å². The number of nitrogens with zero attached hydrogens (tertiary/aromatic N) is 2. The minimum absolute atomic E-state index is 0.309. The lowest BCUT2D eigenvalue weighted by Gasteiger charge is -2.18. The average Bonchev–Trinajstić information content (AvgIpc) is 2.89. The van der Waals surface area contributed by atoms with Crippen molar-refractivity contribution in [3.8, 4) is 0 Å². The smallest absolute Gasteiger partial charge is 0.229 e. The monoisotopic (exact) mass is 255 g/mol. The topological polar surface area (TPSA) is 83.4 Å². The SMILES string of the molecule is CCCOCC(N)c1noc(C2CCOCC2)n1. The zero-order valence-electron chi connectivity index (χ0n) is 10.8. The second kappa shape index (κ2) is 6.82. The van der Waals surface area contributed by atoms with Crippen LogP contribution in [0.5, 0.6) is 0 Å². The molecule has 6 heteroatoms. The third-order valence-corrected chi connectivity index (χ3v) is 3.01. The summed E-state index contributed by atoms with van der Waals surface area (Å²) in [5.74, 6) is 1.52. The van der Waals surface area contributed by atoms with Gasteiger partial charge in [0, 0.05) is 25.7 Å². The first-order valence-corrected chi connectivity index (χ1v) is 6.55. The van der Waals surface area contributed by atoms with Crippen LogP contribution in [0.25, 0.3) is 0 Å². The Morgan fingerprint density at radius 1 is 1.44 bits per heavy atom. The number of nitrogens with two attached hydrogens (primary N) is 1. The quantitative estimate of drug-likeness (QED) is 0.773. The first-order valence-electron chi connectivity index (χ1n) is 6.55. The van der Waals surface area contributed by atoms with Gasteiger partial charge in [-0.15, -0.1) is 0 Å². The average molecular weight is 255 g/mol. The Morgan fingerprint density at radius 2 is 2.22 bits per heavy atom. The number of hydrogen-bond acceptors (Lipinski definition) is 6. The zero-order chi connectivity index (χ0) is 12.8. The summed E-state index contributed by atoms with van der Waals surface area (Å²) in [5.41, 5.74) is 5.94. The van der Waals surface area contributed by atoms with Gasteiger partial charge in [-0.2, -0.15) is 4.98 Å². The third-order valence-electron chi connectivity index (χ3n) is 3.01. The first kappa shape index (κ1) is 13.5. The van der Waals surface area contributed by atoms with E-state index in [2.05, 4.69) is 17.1 Å². The molecule has 1 aromatic rings. The van der Waals surface area contributed by atoms with E-state index >= 15 is 0 Å². The Hall–Kier alpha value is -0.980. The van der Waals surface area contributed by atoms with Crippen LogP contribution in [0, 0.1) is 0 Å². The number of ether oxygens (including phenoxy) is 2. The molecule has 6 nitrogen and oxygen atoms in total. The van der Waals surface area contributed by atoms with Crippen molar-refractivity contribution in [2.45, 2.75) is 38.1 Å². The lowest BCUT2D eigenvalue weighted by Crippen LogP contribution is -2.19. The second-order valence-electron chi connectivity index (χ2n) is 4.56. The highest BCUT2D eigenvalue weighted by Gasteiger charge is 2.23. The molecule has 1 aromatic heterocycles. The van der Waals surface area contributed by atoms with Crippen LogP contribution >= 0.6 is 0 Å². The van der Waals surface area contributed by atoms with E-state index in [0.717, 1.165) is 32.5 Å². The molecule has 0 bridgehead atoms. The van der Waals surface area contributed by atoms with E-state index in [1.807, 2.05) is 0 Å². The summed E-state index contributed by atoms with van der Waals surface area (Å²) in [5, 5.41) is 3.94. The van der Waals surface area contributed by atoms with Crippen molar-refractivity contribution < 1.29 is 14.0 Å². The first-order chi connectivity index (χ1) is 8.81. The Balaban J connectivity index is 1.88. The molecule has 0 amide bonds. The lowest BCUT2D eigenvalue weighted by atomic mass is 10.0. The van der Waals surface area contributed by atoms with Gasteiger partial charge in [0.25, 0.3) is 0 Å². The molecule has 1 aliphatic rings. The molecular weight excluding hydrogens is 234 g/mol. The molecule has 102 valence electrons. The molecule has 0 aliphatic carbocycles. The van der Waals surface area contributed by atoms with Crippen molar-refractivity contribution >= 4 is 0 Å². The third kappa shape index (κ3) is 3.51. The molecule has 0 aromatic carbocycles. The van der Waals surface area contributed by atoms with Crippen LogP contribution < -0.4 is 5.73 Å². The summed E-state index contributed by atoms with van der Waals surface area (Å²) >= 11 is 0. The van der Waals surface area contributed by atoms with Crippen LogP contribution in [0.4, 0.5) is 0 Å². The van der Waals surface area contributed by atoms with Crippen LogP contribution in [0.2, 0.25) is 0 Å². The summed E-state index contributed by atoms with van der Waals surface area (Å²) in [6.45, 7) is 4.71. The Labute approximate surface area is 107 Å². The molecule has 0 radical (unpaired) electrons. The fraction of sp³-hybridized carbons (Fsp3) is 0.833. The van der Waals surface area contributed by atoms with Gasteiger partial charge in [-0.3, -0.25) is 0 Å². The Bertz CT molecular complexity index is 350. The molecule has 1 saturated heterocycles. The fourth-order valence-electron chi connectivity index (χ4n) is 1.94. The molecule has 18 heavy (non-hydrogen) atoms. The van der Waals surface area contributed by atoms with E-state index in [1.54, 1.807) is 0 Å². The molecule has 2 N–H and O–H groups in total. The van der Waals surface area contributed by atoms with Crippen molar-refractivity contribution in [3.63, 3.8) is 0 Å². The Kier molecular flexibility index (Phi) is 5.10. The summed E-state index contributed by atoms with van der Waals surface area (Å²) in [7, 11) is 0. The van der Waals surface area contributed by atoms with Crippen molar-refractivity contribution in [1.29, 1.82) is 0 Å². The lowest BCUT2D eigenvalue weighted by molar-refractivity contribution is 0.0778. The highest BCUT2D eigenvalue weighted by Crippen LogP contribution is 2.25. The van der Waals surface area contributed by atoms with Gasteiger partial charge in [0.1, 0.15) is 0 Å². The van der Waals surface area contributed by atoms with E-state index in [1.165, 1.54) is 0 Å². The van der Waals surface area contributed by atoms with Gasteiger partial charge in [-0.05, 0) is 19.3 Å². The fourth-order valence-corrected chi connectivity index (χ4v) is 1.94. The maximum Gasteiger partial charge on any atom is 0.229 e. The van der Waals surface area contributed by atoms with E-state index < -0.39 is 0 Å². The second-order valence-corrected chi connectivity index (χ2v) is 4.56. The molecule has 2 heterocycles. The predicted octanol–water partition coefficient (Wildman–Crippen LogP) is 1.39. The maximum atomic E-state index is 5.94. The Morgan fingerprint density at radius 3 is 2.94 bits per heavy atom. The minimum Gasteiger partial charge on any atom is -0.381 e. The van der Waals surface area contributed by atoms with Gasteiger partial charge in [-0.25, -0.2) is 0 Å². The van der Waals surface area contributed by atoms with Gasteiger partial charge < -0.3 is 19.7 Å². The molecule has 1 aliphatic heterocycles. The van der Waals surface area contributed by atoms with Crippen molar-refractivity contribution in [2.24, 2.45) is 5.73 Å². The van der Waals surface area contributed by atoms with Crippen LogP contribution in [-0.4, -0.2) is 36.6 Å². The van der Waals surface area contributed by atoms with Crippen molar-refractivity contribution in [2.75, 3.05) is 26.4 Å². The summed E-state index contributed by atoms with van der Waals surface area (Å²) in [6, 6.07) is -0.311. The number of hydrogen-bond donors (Lipinski definition) is 1. The van der Waals surface area contributed by atoms with Gasteiger partial charge in [0.15, 0.2) is 5.82 Å². The number of aromatic nitrogens is 2. The zero-order valence-corrected chi connectivity index (χ0v) is 10.8. The van der Waals surface area contributed by atoms with Crippen LogP contribution in [0.1, 0.15) is 49.9 Å². The van der Waals surface area contributed by atoms with Crippen LogP contribution in [-0.2, 0) is 9.47 Å².